The molecule has 0 aliphatic rings. The predicted octanol–water partition coefficient (Wildman–Crippen LogP) is 3.09. The van der Waals surface area contributed by atoms with Gasteiger partial charge in [0, 0.05) is 0 Å². The predicted molar refractivity (Wildman–Crippen MR) is 47.3 cm³/mol. The van der Waals surface area contributed by atoms with Crippen molar-refractivity contribution >= 4 is 5.97 Å². The maximum Gasteiger partial charge on any atom is 0.416 e. The van der Waals surface area contributed by atoms with Gasteiger partial charge in [0.1, 0.15) is 5.75 Å². The van der Waals surface area contributed by atoms with Gasteiger partial charge in [-0.15, -0.1) is 0 Å². The molecule has 0 spiro atoms. The minimum absolute atomic E-state index is 0.390. The molecule has 6 heteroatoms. The molecule has 0 amide bonds. The number of benzene rings is 1. The number of rotatable bonds is 2. The van der Waals surface area contributed by atoms with E-state index in [9.17, 15) is 22.4 Å². The monoisotopic (exact) mass is 234 g/mol. The Hall–Kier alpha value is -1.85. The van der Waals surface area contributed by atoms with Gasteiger partial charge in [0.25, 0.3) is 0 Å². The van der Waals surface area contributed by atoms with Gasteiger partial charge in [-0.1, -0.05) is 12.6 Å². The van der Waals surface area contributed by atoms with Gasteiger partial charge in [-0.2, -0.15) is 17.6 Å². The van der Waals surface area contributed by atoms with Crippen LogP contribution in [0.5, 0.6) is 5.75 Å². The number of alkyl halides is 3. The summed E-state index contributed by atoms with van der Waals surface area (Å²) in [6.07, 6.45) is -4.55. The van der Waals surface area contributed by atoms with Crippen LogP contribution in [0.25, 0.3) is 0 Å². The van der Waals surface area contributed by atoms with E-state index < -0.39 is 29.3 Å². The third-order valence-electron chi connectivity index (χ3n) is 1.59. The third-order valence-corrected chi connectivity index (χ3v) is 1.59. The Morgan fingerprint density at radius 1 is 1.31 bits per heavy atom. The van der Waals surface area contributed by atoms with Gasteiger partial charge in [0.15, 0.2) is 0 Å². The van der Waals surface area contributed by atoms with Crippen LogP contribution < -0.4 is 4.74 Å². The fraction of sp³-hybridized carbons (Fsp3) is 0.100. The van der Waals surface area contributed by atoms with Gasteiger partial charge in [0.05, 0.1) is 5.56 Å². The molecule has 0 fully saturated rings. The largest absolute Gasteiger partial charge is 0.421 e. The molecule has 0 radical (unpaired) electrons. The van der Waals surface area contributed by atoms with Crippen LogP contribution in [-0.4, -0.2) is 5.97 Å². The Bertz CT molecular complexity index is 423. The lowest BCUT2D eigenvalue weighted by atomic mass is 10.2. The first kappa shape index (κ1) is 12.2. The van der Waals surface area contributed by atoms with E-state index in [1.54, 1.807) is 0 Å². The lowest BCUT2D eigenvalue weighted by Gasteiger charge is -2.08. The van der Waals surface area contributed by atoms with E-state index in [1.807, 2.05) is 0 Å². The van der Waals surface area contributed by atoms with E-state index in [1.165, 1.54) is 0 Å². The van der Waals surface area contributed by atoms with Gasteiger partial charge >= 0.3 is 12.1 Å². The molecule has 1 aromatic carbocycles. The number of carbonyl (C=O) groups excluding carboxylic acids is 1. The molecule has 1 aromatic rings. The second-order valence-corrected chi connectivity index (χ2v) is 2.82. The minimum atomic E-state index is -4.55. The van der Waals surface area contributed by atoms with Gasteiger partial charge in [-0.3, -0.25) is 0 Å². The Kier molecular flexibility index (Phi) is 3.31. The average Bonchev–Trinajstić information content (AvgIpc) is 2.16. The van der Waals surface area contributed by atoms with Crippen molar-refractivity contribution in [3.63, 3.8) is 0 Å². The molecule has 0 bridgehead atoms. The van der Waals surface area contributed by atoms with Gasteiger partial charge in [-0.05, 0) is 18.2 Å². The zero-order valence-corrected chi connectivity index (χ0v) is 7.84. The van der Waals surface area contributed by atoms with Gasteiger partial charge in [-0.25, -0.2) is 4.79 Å². The summed E-state index contributed by atoms with van der Waals surface area (Å²) in [5.74, 6) is -3.18. The highest BCUT2D eigenvalue weighted by molar-refractivity contribution is 5.87. The number of carbonyl (C=O) groups is 1. The summed E-state index contributed by atoms with van der Waals surface area (Å²) in [5.41, 5.74) is -0.984. The summed E-state index contributed by atoms with van der Waals surface area (Å²) < 4.78 is 53.2. The lowest BCUT2D eigenvalue weighted by Crippen LogP contribution is -2.09. The second-order valence-electron chi connectivity index (χ2n) is 2.82. The Morgan fingerprint density at radius 3 is 2.44 bits per heavy atom. The van der Waals surface area contributed by atoms with Crippen molar-refractivity contribution in [2.24, 2.45) is 0 Å². The molecule has 0 heterocycles. The van der Waals surface area contributed by atoms with Crippen molar-refractivity contribution in [3.8, 4) is 5.75 Å². The second kappa shape index (κ2) is 4.34. The summed E-state index contributed by atoms with van der Waals surface area (Å²) in [7, 11) is 0. The molecule has 0 atom stereocenters. The third kappa shape index (κ3) is 3.08. The first-order valence-corrected chi connectivity index (χ1v) is 4.04. The highest BCUT2D eigenvalue weighted by Gasteiger charge is 2.30. The van der Waals surface area contributed by atoms with E-state index in [-0.39, 0.29) is 0 Å². The highest BCUT2D eigenvalue weighted by Crippen LogP contribution is 2.31. The summed E-state index contributed by atoms with van der Waals surface area (Å²) >= 11 is 0. The molecule has 86 valence electrons. The number of hydrogen-bond donors (Lipinski definition) is 0. The molecule has 0 N–H and O–H groups in total. The zero-order chi connectivity index (χ0) is 12.3. The molecule has 0 aliphatic heterocycles. The van der Waals surface area contributed by atoms with Crippen LogP contribution in [0.4, 0.5) is 17.6 Å². The first-order chi connectivity index (χ1) is 7.30. The zero-order valence-electron chi connectivity index (χ0n) is 7.84. The summed E-state index contributed by atoms with van der Waals surface area (Å²) in [5, 5.41) is 0. The Balaban J connectivity index is 2.92. The van der Waals surface area contributed by atoms with Gasteiger partial charge in [0.2, 0.25) is 5.83 Å². The smallest absolute Gasteiger partial charge is 0.416 e. The van der Waals surface area contributed by atoms with Crippen molar-refractivity contribution in [1.82, 2.24) is 0 Å². The highest BCUT2D eigenvalue weighted by atomic mass is 19.4. The fourth-order valence-electron chi connectivity index (χ4n) is 0.898. The number of hydrogen-bond acceptors (Lipinski definition) is 2. The Labute approximate surface area is 88.1 Å². The molecular formula is C10H6F4O2. The molecule has 0 unspecified atom stereocenters. The maximum atomic E-state index is 12.2. The average molecular weight is 234 g/mol. The first-order valence-electron chi connectivity index (χ1n) is 4.04. The number of halogens is 4. The van der Waals surface area contributed by atoms with E-state index >= 15 is 0 Å². The normalized spacial score (nSPS) is 11.0. The summed E-state index contributed by atoms with van der Waals surface area (Å²) in [6, 6.07) is 3.56. The van der Waals surface area contributed by atoms with Crippen LogP contribution in [0.3, 0.4) is 0 Å². The molecule has 0 saturated carbocycles. The minimum Gasteiger partial charge on any atom is -0.421 e. The van der Waals surface area contributed by atoms with Crippen molar-refractivity contribution in [1.29, 1.82) is 0 Å². The van der Waals surface area contributed by atoms with Gasteiger partial charge < -0.3 is 4.74 Å². The maximum absolute atomic E-state index is 12.2. The fourth-order valence-corrected chi connectivity index (χ4v) is 0.898. The summed E-state index contributed by atoms with van der Waals surface area (Å²) in [4.78, 5) is 10.7. The van der Waals surface area contributed by atoms with Crippen LogP contribution in [0.2, 0.25) is 0 Å². The lowest BCUT2D eigenvalue weighted by molar-refractivity contribution is -0.138. The molecule has 2 nitrogen and oxygen atoms in total. The SMILES string of the molecule is C=C(F)C(=O)Oc1cccc(C(F)(F)F)c1. The molecule has 1 rings (SSSR count). The van der Waals surface area contributed by atoms with Crippen molar-refractivity contribution in [2.45, 2.75) is 6.18 Å². The van der Waals surface area contributed by atoms with Crippen molar-refractivity contribution in [3.05, 3.63) is 42.2 Å². The van der Waals surface area contributed by atoms with E-state index in [0.29, 0.717) is 6.07 Å². The van der Waals surface area contributed by atoms with Crippen LogP contribution >= 0.6 is 0 Å². The van der Waals surface area contributed by atoms with Crippen molar-refractivity contribution in [2.75, 3.05) is 0 Å². The van der Waals surface area contributed by atoms with Crippen LogP contribution in [0, 0.1) is 0 Å². The number of ether oxygens (including phenoxy) is 1. The molecule has 16 heavy (non-hydrogen) atoms. The van der Waals surface area contributed by atoms with Crippen molar-refractivity contribution < 1.29 is 27.1 Å². The standard InChI is InChI=1S/C10H6F4O2/c1-6(11)9(15)16-8-4-2-3-7(5-8)10(12,13)14/h2-5H,1H2. The summed E-state index contributed by atoms with van der Waals surface area (Å²) in [6.45, 7) is 2.66. The van der Waals surface area contributed by atoms with E-state index in [0.717, 1.165) is 18.2 Å². The van der Waals surface area contributed by atoms with E-state index in [4.69, 9.17) is 0 Å². The molecular weight excluding hydrogens is 228 g/mol. The van der Waals surface area contributed by atoms with Crippen LogP contribution in [0.1, 0.15) is 5.56 Å². The van der Waals surface area contributed by atoms with Crippen LogP contribution in [0.15, 0.2) is 36.7 Å². The quantitative estimate of drug-likeness (QED) is 0.340. The molecule has 0 saturated heterocycles. The van der Waals surface area contributed by atoms with E-state index in [2.05, 4.69) is 11.3 Å². The Morgan fingerprint density at radius 2 is 1.94 bits per heavy atom. The molecule has 0 aliphatic carbocycles. The molecule has 0 aromatic heterocycles. The van der Waals surface area contributed by atoms with Crippen LogP contribution in [-0.2, 0) is 11.0 Å². The topological polar surface area (TPSA) is 26.3 Å². The number of esters is 1.